The van der Waals surface area contributed by atoms with Crippen molar-refractivity contribution in [3.63, 3.8) is 0 Å². The van der Waals surface area contributed by atoms with Crippen LogP contribution >= 0.6 is 11.6 Å². The van der Waals surface area contributed by atoms with Crippen molar-refractivity contribution >= 4 is 48.7 Å². The van der Waals surface area contributed by atoms with E-state index in [1.807, 2.05) is 19.9 Å². The van der Waals surface area contributed by atoms with Crippen molar-refractivity contribution in [2.45, 2.75) is 91.6 Å². The maximum Gasteiger partial charge on any atom is 0.325 e. The molecule has 46 heavy (non-hydrogen) atoms. The van der Waals surface area contributed by atoms with Gasteiger partial charge in [0.15, 0.2) is 5.75 Å². The number of carbonyl (C=O) groups is 2. The lowest BCUT2D eigenvalue weighted by Crippen LogP contribution is -2.46. The van der Waals surface area contributed by atoms with Gasteiger partial charge in [0.2, 0.25) is 0 Å². The van der Waals surface area contributed by atoms with Gasteiger partial charge in [-0.1, -0.05) is 58.1 Å². The number of hydrogen-bond donors (Lipinski definition) is 1. The predicted octanol–water partition coefficient (Wildman–Crippen LogP) is 7.31. The molecule has 0 aliphatic heterocycles. The first kappa shape index (κ1) is 35.5. The standard InChI is InChI=1S/C35H49ClN4O5Si/c1-34(2,3)21-35(4,5)38-32(42)24-17-23(18-26(36)30(24)45-15-16-46(8,9)10)25-19-40(20-28(41)44-7)31-29(25)33(43)39(6)27(37-31)14-13-22-11-12-22/h13-14,17-19,22H,11-12,15-16,20-21H2,1-10H3,(H,38,42)/b14-13+. The van der Waals surface area contributed by atoms with Crippen LogP contribution in [-0.4, -0.2) is 53.3 Å². The molecule has 4 rings (SSSR count). The van der Waals surface area contributed by atoms with Crippen molar-refractivity contribution in [1.82, 2.24) is 19.4 Å². The van der Waals surface area contributed by atoms with Crippen LogP contribution in [0.5, 0.6) is 5.75 Å². The highest BCUT2D eigenvalue weighted by Crippen LogP contribution is 2.38. The van der Waals surface area contributed by atoms with Gasteiger partial charge in [-0.3, -0.25) is 19.0 Å². The van der Waals surface area contributed by atoms with Gasteiger partial charge < -0.3 is 19.4 Å². The summed E-state index contributed by atoms with van der Waals surface area (Å²) in [6.45, 7) is 17.5. The lowest BCUT2D eigenvalue weighted by Gasteiger charge is -2.33. The summed E-state index contributed by atoms with van der Waals surface area (Å²) in [7, 11) is 1.57. The maximum absolute atomic E-state index is 14.0. The number of nitrogens with zero attached hydrogens (tertiary/aromatic N) is 3. The van der Waals surface area contributed by atoms with Crippen molar-refractivity contribution in [1.29, 1.82) is 0 Å². The Morgan fingerprint density at radius 2 is 1.83 bits per heavy atom. The van der Waals surface area contributed by atoms with Crippen LogP contribution in [0.3, 0.4) is 0 Å². The minimum Gasteiger partial charge on any atom is -0.491 e. The molecule has 0 unspecified atom stereocenters. The smallest absolute Gasteiger partial charge is 0.325 e. The average Bonchev–Trinajstić information content (AvgIpc) is 3.68. The van der Waals surface area contributed by atoms with E-state index in [-0.39, 0.29) is 34.0 Å². The van der Waals surface area contributed by atoms with Crippen LogP contribution in [0, 0.1) is 11.3 Å². The van der Waals surface area contributed by atoms with Gasteiger partial charge in [0.1, 0.15) is 18.0 Å². The number of ether oxygens (including phenoxy) is 2. The number of hydrogen-bond acceptors (Lipinski definition) is 6. The number of aromatic nitrogens is 3. The molecule has 1 fully saturated rings. The molecule has 250 valence electrons. The number of benzene rings is 1. The fraction of sp³-hybridized carbons (Fsp3) is 0.543. The van der Waals surface area contributed by atoms with Crippen molar-refractivity contribution in [3.05, 3.63) is 51.2 Å². The molecule has 0 bridgehead atoms. The zero-order chi connectivity index (χ0) is 34.2. The number of fused-ring (bicyclic) bond motifs is 1. The van der Waals surface area contributed by atoms with Gasteiger partial charge in [-0.05, 0) is 74.3 Å². The van der Waals surface area contributed by atoms with E-state index in [4.69, 9.17) is 26.1 Å². The Bertz CT molecular complexity index is 1720. The molecule has 1 aromatic carbocycles. The van der Waals surface area contributed by atoms with Gasteiger partial charge in [0, 0.05) is 32.4 Å². The van der Waals surface area contributed by atoms with E-state index < -0.39 is 19.6 Å². The molecule has 1 N–H and O–H groups in total. The van der Waals surface area contributed by atoms with Crippen molar-refractivity contribution in [3.8, 4) is 16.9 Å². The zero-order valence-corrected chi connectivity index (χ0v) is 30.7. The molecule has 1 amide bonds. The molecule has 1 aliphatic carbocycles. The lowest BCUT2D eigenvalue weighted by atomic mass is 9.81. The van der Waals surface area contributed by atoms with E-state index in [0.717, 1.165) is 25.3 Å². The minimum absolute atomic E-state index is 0.0197. The second kappa shape index (κ2) is 13.4. The number of rotatable bonds is 12. The van der Waals surface area contributed by atoms with Crippen LogP contribution in [0.1, 0.15) is 70.1 Å². The first-order valence-corrected chi connectivity index (χ1v) is 20.0. The number of nitrogens with one attached hydrogen (secondary N) is 1. The number of allylic oxidation sites excluding steroid dienone is 1. The summed E-state index contributed by atoms with van der Waals surface area (Å²) < 4.78 is 14.3. The Labute approximate surface area is 278 Å². The van der Waals surface area contributed by atoms with E-state index in [1.54, 1.807) is 29.9 Å². The molecule has 0 spiro atoms. The predicted molar refractivity (Wildman–Crippen MR) is 188 cm³/mol. The third-order valence-electron chi connectivity index (χ3n) is 7.92. The largest absolute Gasteiger partial charge is 0.491 e. The monoisotopic (exact) mass is 668 g/mol. The van der Waals surface area contributed by atoms with E-state index >= 15 is 0 Å². The Morgan fingerprint density at radius 3 is 2.41 bits per heavy atom. The number of esters is 1. The summed E-state index contributed by atoms with van der Waals surface area (Å²) in [5.74, 6) is 0.496. The Hall–Kier alpha value is -3.37. The fourth-order valence-corrected chi connectivity index (χ4v) is 6.79. The summed E-state index contributed by atoms with van der Waals surface area (Å²) in [6, 6.07) is 4.32. The summed E-state index contributed by atoms with van der Waals surface area (Å²) in [4.78, 5) is 45.2. The van der Waals surface area contributed by atoms with Gasteiger partial charge in [0.25, 0.3) is 11.5 Å². The SMILES string of the molecule is COC(=O)Cn1cc(-c2cc(Cl)c(OCC[Si](C)(C)C)c(C(=O)NC(C)(C)CC(C)(C)C)c2)c2c(=O)n(C)c(/C=C/C3CC3)nc21. The summed E-state index contributed by atoms with van der Waals surface area (Å²) in [5, 5.41) is 3.77. The first-order valence-electron chi connectivity index (χ1n) is 15.9. The van der Waals surface area contributed by atoms with Crippen LogP contribution in [0.15, 0.2) is 29.2 Å². The normalized spacial score (nSPS) is 14.2. The van der Waals surface area contributed by atoms with Crippen molar-refractivity contribution < 1.29 is 19.1 Å². The molecule has 2 aromatic heterocycles. The average molecular weight is 669 g/mol. The van der Waals surface area contributed by atoms with E-state index in [9.17, 15) is 14.4 Å². The highest BCUT2D eigenvalue weighted by molar-refractivity contribution is 6.76. The second-order valence-corrected chi connectivity index (χ2v) is 21.6. The quantitative estimate of drug-likeness (QED) is 0.160. The maximum atomic E-state index is 14.0. The second-order valence-electron chi connectivity index (χ2n) is 15.5. The van der Waals surface area contributed by atoms with Crippen LogP contribution in [-0.2, 0) is 23.1 Å². The molecule has 2 heterocycles. The molecule has 9 nitrogen and oxygen atoms in total. The third-order valence-corrected chi connectivity index (χ3v) is 9.91. The van der Waals surface area contributed by atoms with Gasteiger partial charge >= 0.3 is 5.97 Å². The number of methoxy groups -OCH3 is 1. The first-order chi connectivity index (χ1) is 21.3. The summed E-state index contributed by atoms with van der Waals surface area (Å²) >= 11 is 6.91. The van der Waals surface area contributed by atoms with E-state index in [2.05, 4.69) is 51.8 Å². The molecule has 0 radical (unpaired) electrons. The zero-order valence-electron chi connectivity index (χ0n) is 29.0. The molecule has 0 saturated heterocycles. The van der Waals surface area contributed by atoms with E-state index in [1.165, 1.54) is 11.7 Å². The Morgan fingerprint density at radius 1 is 1.15 bits per heavy atom. The van der Waals surface area contributed by atoms with Crippen LogP contribution < -0.4 is 15.6 Å². The highest BCUT2D eigenvalue weighted by Gasteiger charge is 2.30. The summed E-state index contributed by atoms with van der Waals surface area (Å²) in [5.41, 5.74) is 0.856. The highest BCUT2D eigenvalue weighted by atomic mass is 35.5. The van der Waals surface area contributed by atoms with E-state index in [0.29, 0.717) is 46.3 Å². The van der Waals surface area contributed by atoms with Gasteiger partial charge in [-0.15, -0.1) is 0 Å². The van der Waals surface area contributed by atoms with Gasteiger partial charge in [0.05, 0.1) is 29.7 Å². The van der Waals surface area contributed by atoms with Crippen LogP contribution in [0.25, 0.3) is 28.2 Å². The molecular formula is C35H49ClN4O5Si. The van der Waals surface area contributed by atoms with Gasteiger partial charge in [-0.2, -0.15) is 0 Å². The molecular weight excluding hydrogens is 620 g/mol. The fourth-order valence-electron chi connectivity index (χ4n) is 5.80. The van der Waals surface area contributed by atoms with Crippen molar-refractivity contribution in [2.75, 3.05) is 13.7 Å². The molecule has 1 aliphatic rings. The Kier molecular flexibility index (Phi) is 10.3. The summed E-state index contributed by atoms with van der Waals surface area (Å²) in [6.07, 6.45) is 8.61. The van der Waals surface area contributed by atoms with Crippen molar-refractivity contribution in [2.24, 2.45) is 18.4 Å². The topological polar surface area (TPSA) is 104 Å². The minimum atomic E-state index is -1.43. The Balaban J connectivity index is 1.89. The molecule has 1 saturated carbocycles. The number of carbonyl (C=O) groups excluding carboxylic acids is 2. The number of halogens is 1. The molecule has 11 heteroatoms. The molecule has 3 aromatic rings. The molecule has 0 atom stereocenters. The van der Waals surface area contributed by atoms with Crippen LogP contribution in [0.4, 0.5) is 0 Å². The van der Waals surface area contributed by atoms with Gasteiger partial charge in [-0.25, -0.2) is 4.98 Å². The number of amides is 1. The lowest BCUT2D eigenvalue weighted by molar-refractivity contribution is -0.141. The third kappa shape index (κ3) is 8.91. The van der Waals surface area contributed by atoms with Crippen LogP contribution in [0.2, 0.25) is 30.7 Å².